The highest BCUT2D eigenvalue weighted by atomic mass is 35.5. The first-order valence-electron chi connectivity index (χ1n) is 5.18. The SMILES string of the molecule is Cl.NCC12C3C4C5C3C1(C(=O)O)C5C42. The Morgan fingerprint density at radius 2 is 1.71 bits per heavy atom. The van der Waals surface area contributed by atoms with E-state index in [9.17, 15) is 9.90 Å². The molecule has 4 heteroatoms. The summed E-state index contributed by atoms with van der Waals surface area (Å²) in [7, 11) is 0. The molecule has 4 atom stereocenters. The van der Waals surface area contributed by atoms with Gasteiger partial charge in [0.15, 0.2) is 0 Å². The fraction of sp³-hybridized carbons (Fsp3) is 0.900. The maximum atomic E-state index is 11.3. The highest BCUT2D eigenvalue weighted by molar-refractivity contribution is 5.88. The molecule has 4 unspecified atom stereocenters. The van der Waals surface area contributed by atoms with Gasteiger partial charge in [0.2, 0.25) is 0 Å². The minimum atomic E-state index is -0.533. The molecule has 3 N–H and O–H groups in total. The van der Waals surface area contributed by atoms with E-state index < -0.39 is 5.97 Å². The smallest absolute Gasteiger partial charge is 0.310 e. The summed E-state index contributed by atoms with van der Waals surface area (Å²) in [4.78, 5) is 11.3. The van der Waals surface area contributed by atoms with E-state index in [1.165, 1.54) is 0 Å². The molecule has 0 aliphatic heterocycles. The zero-order chi connectivity index (χ0) is 8.75. The Bertz CT molecular complexity index is 376. The lowest BCUT2D eigenvalue weighted by atomic mass is 8.92. The molecule has 6 fully saturated rings. The standard InChI is InChI=1S/C10H11NO2.ClH/c11-1-9-4-2-3-6(4)10(9,8(12)13)7(3)5(2)9;/h2-7H,1,11H2,(H,12,13);1H. The van der Waals surface area contributed by atoms with Gasteiger partial charge in [-0.15, -0.1) is 12.4 Å². The normalized spacial score (nSPS) is 76.4. The quantitative estimate of drug-likeness (QED) is 0.689. The van der Waals surface area contributed by atoms with Crippen molar-refractivity contribution in [1.82, 2.24) is 0 Å². The Labute approximate surface area is 87.4 Å². The Balaban J connectivity index is 0.000000578. The van der Waals surface area contributed by atoms with E-state index in [-0.39, 0.29) is 23.2 Å². The second kappa shape index (κ2) is 1.54. The number of carboxylic acid groups (broad SMARTS) is 1. The van der Waals surface area contributed by atoms with Gasteiger partial charge in [0, 0.05) is 5.41 Å². The van der Waals surface area contributed by atoms with Gasteiger partial charge >= 0.3 is 5.97 Å². The maximum Gasteiger partial charge on any atom is 0.310 e. The van der Waals surface area contributed by atoms with Gasteiger partial charge in [0.05, 0.1) is 5.41 Å². The van der Waals surface area contributed by atoms with Crippen LogP contribution >= 0.6 is 12.4 Å². The first kappa shape index (κ1) is 7.94. The van der Waals surface area contributed by atoms with Gasteiger partial charge < -0.3 is 10.8 Å². The third-order valence-corrected chi connectivity index (χ3v) is 6.58. The summed E-state index contributed by atoms with van der Waals surface area (Å²) >= 11 is 0. The van der Waals surface area contributed by atoms with Crippen LogP contribution in [-0.2, 0) is 4.79 Å². The minimum Gasteiger partial charge on any atom is -0.481 e. The number of aliphatic carboxylic acids is 1. The molecule has 6 rings (SSSR count). The zero-order valence-electron chi connectivity index (χ0n) is 7.51. The molecule has 0 bridgehead atoms. The molecule has 76 valence electrons. The van der Waals surface area contributed by atoms with Crippen molar-refractivity contribution < 1.29 is 9.90 Å². The van der Waals surface area contributed by atoms with Crippen LogP contribution in [0, 0.1) is 46.3 Å². The van der Waals surface area contributed by atoms with E-state index in [4.69, 9.17) is 5.73 Å². The van der Waals surface area contributed by atoms with E-state index in [1.54, 1.807) is 0 Å². The Morgan fingerprint density at radius 1 is 1.21 bits per heavy atom. The van der Waals surface area contributed by atoms with Gasteiger partial charge in [-0.3, -0.25) is 4.79 Å². The molecular weight excluding hydrogens is 202 g/mol. The van der Waals surface area contributed by atoms with Gasteiger partial charge in [-0.1, -0.05) is 0 Å². The Morgan fingerprint density at radius 3 is 2.07 bits per heavy atom. The number of halogens is 1. The molecule has 3 nitrogen and oxygen atoms in total. The second-order valence-electron chi connectivity index (χ2n) is 5.68. The summed E-state index contributed by atoms with van der Waals surface area (Å²) in [6.07, 6.45) is 0. The zero-order valence-corrected chi connectivity index (χ0v) is 8.33. The Hall–Kier alpha value is -0.280. The third kappa shape index (κ3) is 0.277. The van der Waals surface area contributed by atoms with Crippen LogP contribution in [0.1, 0.15) is 0 Å². The molecule has 0 amide bonds. The predicted octanol–water partition coefficient (Wildman–Crippen LogP) is 0.189. The van der Waals surface area contributed by atoms with E-state index in [2.05, 4.69) is 0 Å². The fourth-order valence-corrected chi connectivity index (χ4v) is 6.68. The predicted molar refractivity (Wildman–Crippen MR) is 49.7 cm³/mol. The maximum absolute atomic E-state index is 11.3. The number of hydrogen-bond acceptors (Lipinski definition) is 2. The van der Waals surface area contributed by atoms with Gasteiger partial charge in [-0.05, 0) is 42.1 Å². The molecule has 6 aliphatic rings. The number of hydrogen-bond donors (Lipinski definition) is 2. The number of rotatable bonds is 2. The molecule has 0 aromatic carbocycles. The highest BCUT2D eigenvalue weighted by Crippen LogP contribution is 3.10. The molecular formula is C10H12ClNO2. The van der Waals surface area contributed by atoms with Crippen molar-refractivity contribution in [3.05, 3.63) is 0 Å². The lowest BCUT2D eigenvalue weighted by molar-refractivity contribution is -0.642. The van der Waals surface area contributed by atoms with Crippen molar-refractivity contribution in [3.63, 3.8) is 0 Å². The van der Waals surface area contributed by atoms with Crippen LogP contribution in [0.4, 0.5) is 0 Å². The molecule has 0 aromatic rings. The Kier molecular flexibility index (Phi) is 0.872. The van der Waals surface area contributed by atoms with Crippen LogP contribution in [0.2, 0.25) is 0 Å². The molecule has 0 aromatic heterocycles. The van der Waals surface area contributed by atoms with Crippen molar-refractivity contribution in [2.75, 3.05) is 6.54 Å². The summed E-state index contributed by atoms with van der Waals surface area (Å²) in [6, 6.07) is 0. The van der Waals surface area contributed by atoms with Crippen LogP contribution in [0.15, 0.2) is 0 Å². The van der Waals surface area contributed by atoms with Crippen LogP contribution in [0.25, 0.3) is 0 Å². The van der Waals surface area contributed by atoms with Crippen LogP contribution in [0.5, 0.6) is 0 Å². The summed E-state index contributed by atoms with van der Waals surface area (Å²) < 4.78 is 0. The molecule has 0 saturated heterocycles. The molecule has 0 radical (unpaired) electrons. The largest absolute Gasteiger partial charge is 0.481 e. The first-order chi connectivity index (χ1) is 6.24. The molecule has 0 spiro atoms. The average molecular weight is 214 g/mol. The van der Waals surface area contributed by atoms with Crippen molar-refractivity contribution in [2.24, 2.45) is 52.1 Å². The molecule has 6 saturated carbocycles. The second-order valence-corrected chi connectivity index (χ2v) is 5.68. The van der Waals surface area contributed by atoms with Crippen LogP contribution in [-0.4, -0.2) is 17.6 Å². The van der Waals surface area contributed by atoms with Gasteiger partial charge in [-0.2, -0.15) is 0 Å². The van der Waals surface area contributed by atoms with E-state index >= 15 is 0 Å². The van der Waals surface area contributed by atoms with Crippen LogP contribution < -0.4 is 5.73 Å². The van der Waals surface area contributed by atoms with E-state index in [0.29, 0.717) is 18.4 Å². The van der Waals surface area contributed by atoms with E-state index in [1.807, 2.05) is 0 Å². The van der Waals surface area contributed by atoms with Gasteiger partial charge in [0.1, 0.15) is 0 Å². The van der Waals surface area contributed by atoms with Gasteiger partial charge in [0.25, 0.3) is 0 Å². The lowest BCUT2D eigenvalue weighted by Gasteiger charge is -3.10. The molecule has 6 aliphatic carbocycles. The third-order valence-electron chi connectivity index (χ3n) is 6.58. The summed E-state index contributed by atoms with van der Waals surface area (Å²) in [5, 5.41) is 9.31. The highest BCUT2D eigenvalue weighted by Gasteiger charge is 3.11. The number of nitrogens with two attached hydrogens (primary N) is 1. The van der Waals surface area contributed by atoms with Crippen molar-refractivity contribution >= 4 is 18.4 Å². The monoisotopic (exact) mass is 213 g/mol. The van der Waals surface area contributed by atoms with E-state index in [0.717, 1.165) is 23.7 Å². The van der Waals surface area contributed by atoms with Crippen LogP contribution in [0.3, 0.4) is 0 Å². The number of carboxylic acids is 1. The van der Waals surface area contributed by atoms with Crippen molar-refractivity contribution in [1.29, 1.82) is 0 Å². The summed E-state index contributed by atoms with van der Waals surface area (Å²) in [5.74, 6) is 3.85. The van der Waals surface area contributed by atoms with Gasteiger partial charge in [-0.25, -0.2) is 0 Å². The first-order valence-corrected chi connectivity index (χ1v) is 5.18. The lowest BCUT2D eigenvalue weighted by Crippen LogP contribution is -3.12. The molecule has 14 heavy (non-hydrogen) atoms. The average Bonchev–Trinajstić information content (AvgIpc) is 2.16. The van der Waals surface area contributed by atoms with Crippen molar-refractivity contribution in [2.45, 2.75) is 0 Å². The molecule has 0 heterocycles. The fourth-order valence-electron chi connectivity index (χ4n) is 6.68. The minimum absolute atomic E-state index is 0. The van der Waals surface area contributed by atoms with Crippen molar-refractivity contribution in [3.8, 4) is 0 Å². The number of carbonyl (C=O) groups is 1. The summed E-state index contributed by atoms with van der Waals surface area (Å²) in [6.45, 7) is 0.630. The topological polar surface area (TPSA) is 63.3 Å². The summed E-state index contributed by atoms with van der Waals surface area (Å²) in [5.41, 5.74) is 5.59.